The smallest absolute Gasteiger partial charge is 0.310 e. The maximum Gasteiger partial charge on any atom is 0.310 e. The Kier molecular flexibility index (Phi) is 18.7. The van der Waals surface area contributed by atoms with E-state index >= 15 is 4.79 Å². The van der Waals surface area contributed by atoms with E-state index in [-0.39, 0.29) is 39.7 Å². The summed E-state index contributed by atoms with van der Waals surface area (Å²) >= 11 is 0. The van der Waals surface area contributed by atoms with Gasteiger partial charge < -0.3 is 19.3 Å². The van der Waals surface area contributed by atoms with Gasteiger partial charge in [-0.15, -0.1) is 0 Å². The minimum Gasteiger partial charge on any atom is -0.481 e. The molecular weight excluding hydrogens is 783 g/mol. The van der Waals surface area contributed by atoms with E-state index in [2.05, 4.69) is 133 Å². The molecule has 3 heterocycles. The van der Waals surface area contributed by atoms with Crippen molar-refractivity contribution in [2.24, 2.45) is 23.7 Å². The van der Waals surface area contributed by atoms with E-state index in [1.807, 2.05) is 0 Å². The van der Waals surface area contributed by atoms with Gasteiger partial charge in [0.05, 0.1) is 24.2 Å². The van der Waals surface area contributed by atoms with Crippen molar-refractivity contribution >= 4 is 23.9 Å². The minimum atomic E-state index is -1.45. The van der Waals surface area contributed by atoms with Crippen LogP contribution in [0.3, 0.4) is 0 Å². The molecule has 0 aromatic rings. The number of rotatable bonds is 21. The Morgan fingerprint density at radius 1 is 0.468 bits per heavy atom. The number of carbonyl (C=O) groups is 4. The molecule has 3 fully saturated rings. The zero-order valence-corrected chi connectivity index (χ0v) is 42.7. The second-order valence-corrected chi connectivity index (χ2v) is 24.1. The molecule has 0 bridgehead atoms. The second-order valence-electron chi connectivity index (χ2n) is 24.1. The molecule has 360 valence electrons. The van der Waals surface area contributed by atoms with Crippen LogP contribution in [0.25, 0.3) is 0 Å². The third-order valence-corrected chi connectivity index (χ3v) is 15.8. The summed E-state index contributed by atoms with van der Waals surface area (Å²) < 4.78 is 19.3. The number of esters is 3. The van der Waals surface area contributed by atoms with Gasteiger partial charge in [-0.05, 0) is 117 Å². The summed E-state index contributed by atoms with van der Waals surface area (Å²) in [6, 6.07) is 0. The topological polar surface area (TPSA) is 126 Å². The number of hydrogen-bond donors (Lipinski definition) is 1. The van der Waals surface area contributed by atoms with E-state index < -0.39 is 66.4 Å². The fourth-order valence-electron chi connectivity index (χ4n) is 11.4. The van der Waals surface area contributed by atoms with Gasteiger partial charge in [0.25, 0.3) is 0 Å². The van der Waals surface area contributed by atoms with Crippen molar-refractivity contribution in [1.29, 1.82) is 0 Å². The fourth-order valence-corrected chi connectivity index (χ4v) is 11.4. The number of carboxylic acid groups (broad SMARTS) is 1. The van der Waals surface area contributed by atoms with Crippen molar-refractivity contribution in [2.75, 3.05) is 21.1 Å². The molecule has 0 saturated carbocycles. The molecule has 0 radical (unpaired) electrons. The second kappa shape index (κ2) is 21.4. The Hall–Kier alpha value is -2.24. The SMILES string of the molecule is CC(C)CCCCCCCCCCC(C(=O)OC1CC(C)(C)N(C)C(C)(C)C1)C(C(=O)OC1CC(C)(C)N(C)C(C)(C)C1)C(CC(=O)O)C(=O)OC1CC(C)(C)N(C)C(C)(C)C1. The van der Waals surface area contributed by atoms with Crippen molar-refractivity contribution in [1.82, 2.24) is 14.7 Å². The molecule has 1 N–H and O–H groups in total. The molecule has 0 aromatic carbocycles. The average Bonchev–Trinajstić information content (AvgIpc) is 3.10. The standard InChI is InChI=1S/C51H93N3O8/c1-35(2)26-24-22-20-18-19-21-23-25-27-39(43(57)60-36-29-46(3,4)52(15)47(5,6)30-36)42(45(59)62-38-33-50(11,12)54(17)51(13,14)34-38)40(28-41(55)56)44(58)61-37-31-48(7,8)53(16)49(9,10)32-37/h35-40,42H,18-34H2,1-17H3,(H,55,56). The number of carboxylic acids is 1. The quantitative estimate of drug-likeness (QED) is 0.0673. The van der Waals surface area contributed by atoms with Crippen molar-refractivity contribution in [3.05, 3.63) is 0 Å². The summed E-state index contributed by atoms with van der Waals surface area (Å²) in [6.07, 6.45) is 11.2. The lowest BCUT2D eigenvalue weighted by Gasteiger charge is -2.53. The molecule has 3 aliphatic rings. The van der Waals surface area contributed by atoms with E-state index in [1.54, 1.807) is 0 Å². The summed E-state index contributed by atoms with van der Waals surface area (Å²) in [5, 5.41) is 10.5. The number of aliphatic carboxylic acids is 1. The first-order valence-electron chi connectivity index (χ1n) is 24.4. The molecule has 11 heteroatoms. The molecule has 3 aliphatic heterocycles. The Bertz CT molecular complexity index is 1450. The van der Waals surface area contributed by atoms with Crippen LogP contribution >= 0.6 is 0 Å². The number of likely N-dealkylation sites (tertiary alicyclic amines) is 3. The molecule has 0 aliphatic carbocycles. The van der Waals surface area contributed by atoms with Crippen LogP contribution < -0.4 is 0 Å². The number of hydrogen-bond acceptors (Lipinski definition) is 10. The van der Waals surface area contributed by atoms with Crippen LogP contribution in [0.15, 0.2) is 0 Å². The highest BCUT2D eigenvalue weighted by atomic mass is 16.6. The first-order chi connectivity index (χ1) is 28.3. The van der Waals surface area contributed by atoms with Crippen molar-refractivity contribution < 1.29 is 38.5 Å². The van der Waals surface area contributed by atoms with Gasteiger partial charge in [-0.2, -0.15) is 0 Å². The van der Waals surface area contributed by atoms with Gasteiger partial charge in [-0.3, -0.25) is 33.9 Å². The van der Waals surface area contributed by atoms with E-state index in [0.717, 1.165) is 31.6 Å². The molecule has 3 saturated heterocycles. The van der Waals surface area contributed by atoms with Crippen LogP contribution in [0.4, 0.5) is 0 Å². The summed E-state index contributed by atoms with van der Waals surface area (Å²) in [5.74, 6) is -6.52. The Morgan fingerprint density at radius 3 is 1.05 bits per heavy atom. The molecule has 3 rings (SSSR count). The monoisotopic (exact) mass is 876 g/mol. The highest BCUT2D eigenvalue weighted by molar-refractivity contribution is 5.89. The first-order valence-corrected chi connectivity index (χ1v) is 24.4. The van der Waals surface area contributed by atoms with E-state index in [4.69, 9.17) is 14.2 Å². The van der Waals surface area contributed by atoms with Crippen molar-refractivity contribution in [2.45, 2.75) is 258 Å². The fraction of sp³-hybridized carbons (Fsp3) is 0.922. The maximum atomic E-state index is 15.1. The van der Waals surface area contributed by atoms with E-state index in [0.29, 0.717) is 44.9 Å². The number of carbonyl (C=O) groups excluding carboxylic acids is 3. The third kappa shape index (κ3) is 14.6. The first kappa shape index (κ1) is 54.1. The Balaban J connectivity index is 2.05. The highest BCUT2D eigenvalue weighted by Gasteiger charge is 2.52. The minimum absolute atomic E-state index is 0.270. The van der Waals surface area contributed by atoms with Crippen LogP contribution in [0.5, 0.6) is 0 Å². The normalized spacial score (nSPS) is 24.5. The van der Waals surface area contributed by atoms with Crippen LogP contribution in [0.2, 0.25) is 0 Å². The maximum absolute atomic E-state index is 15.1. The van der Waals surface area contributed by atoms with Gasteiger partial charge in [-0.25, -0.2) is 0 Å². The van der Waals surface area contributed by atoms with Crippen LogP contribution in [0.1, 0.15) is 206 Å². The third-order valence-electron chi connectivity index (χ3n) is 15.8. The lowest BCUT2D eigenvalue weighted by molar-refractivity contribution is -0.186. The molecule has 0 amide bonds. The molecule has 0 aromatic heterocycles. The van der Waals surface area contributed by atoms with Gasteiger partial charge in [0.1, 0.15) is 18.3 Å². The van der Waals surface area contributed by atoms with Gasteiger partial charge in [0.2, 0.25) is 0 Å². The number of nitrogens with zero attached hydrogens (tertiary/aromatic N) is 3. The molecule has 3 unspecified atom stereocenters. The molecule has 3 atom stereocenters. The summed E-state index contributed by atoms with van der Waals surface area (Å²) in [6.45, 7) is 30.0. The zero-order chi connectivity index (χ0) is 47.2. The van der Waals surface area contributed by atoms with Gasteiger partial charge in [0, 0.05) is 71.8 Å². The van der Waals surface area contributed by atoms with E-state index in [1.165, 1.54) is 25.7 Å². The van der Waals surface area contributed by atoms with Crippen LogP contribution in [0, 0.1) is 23.7 Å². The van der Waals surface area contributed by atoms with Crippen LogP contribution in [-0.4, -0.2) is 116 Å². The highest BCUT2D eigenvalue weighted by Crippen LogP contribution is 2.43. The molecular formula is C51H93N3O8. The summed E-state index contributed by atoms with van der Waals surface area (Å²) in [5.41, 5.74) is -1.78. The van der Waals surface area contributed by atoms with E-state index in [9.17, 15) is 19.5 Å². The largest absolute Gasteiger partial charge is 0.481 e. The van der Waals surface area contributed by atoms with Gasteiger partial charge >= 0.3 is 23.9 Å². The number of ether oxygens (including phenoxy) is 3. The summed E-state index contributed by atoms with van der Waals surface area (Å²) in [7, 11) is 6.24. The van der Waals surface area contributed by atoms with Crippen molar-refractivity contribution in [3.8, 4) is 0 Å². The number of unbranched alkanes of at least 4 members (excludes halogenated alkanes) is 7. The predicted molar refractivity (Wildman–Crippen MR) is 249 cm³/mol. The number of piperidine rings is 3. The zero-order valence-electron chi connectivity index (χ0n) is 42.7. The average molecular weight is 876 g/mol. The summed E-state index contributed by atoms with van der Waals surface area (Å²) in [4.78, 5) is 64.6. The molecule has 0 spiro atoms. The van der Waals surface area contributed by atoms with Crippen LogP contribution in [-0.2, 0) is 33.4 Å². The molecule has 11 nitrogen and oxygen atoms in total. The molecule has 62 heavy (non-hydrogen) atoms. The van der Waals surface area contributed by atoms with Gasteiger partial charge in [0.15, 0.2) is 0 Å². The predicted octanol–water partition coefficient (Wildman–Crippen LogP) is 10.5. The van der Waals surface area contributed by atoms with Gasteiger partial charge in [-0.1, -0.05) is 71.6 Å². The lowest BCUT2D eigenvalue weighted by atomic mass is 9.75. The Labute approximate surface area is 378 Å². The Morgan fingerprint density at radius 2 is 0.742 bits per heavy atom. The lowest BCUT2D eigenvalue weighted by Crippen LogP contribution is -2.61. The van der Waals surface area contributed by atoms with Crippen molar-refractivity contribution in [3.63, 3.8) is 0 Å².